The highest BCUT2D eigenvalue weighted by atomic mass is 15.2. The number of nitrogens with zero attached hydrogens (tertiary/aromatic N) is 1. The third-order valence-electron chi connectivity index (χ3n) is 9.32. The Kier molecular flexibility index (Phi) is 8.17. The predicted octanol–water partition coefficient (Wildman–Crippen LogP) is 11.8. The van der Waals surface area contributed by atoms with E-state index in [1.807, 2.05) is 0 Å². The molecule has 5 aromatic rings. The van der Waals surface area contributed by atoms with Crippen LogP contribution in [0.1, 0.15) is 24.0 Å². The first-order valence-electron chi connectivity index (χ1n) is 16.1. The minimum Gasteiger partial charge on any atom is -0.334 e. The third-order valence-corrected chi connectivity index (χ3v) is 9.32. The van der Waals surface area contributed by atoms with Gasteiger partial charge in [0.25, 0.3) is 0 Å². The molecule has 0 heterocycles. The van der Waals surface area contributed by atoms with Gasteiger partial charge in [-0.2, -0.15) is 0 Å². The van der Waals surface area contributed by atoms with Crippen molar-refractivity contribution in [1.82, 2.24) is 0 Å². The summed E-state index contributed by atoms with van der Waals surface area (Å²) in [5.74, 6) is 0.476. The zero-order chi connectivity index (χ0) is 30.6. The van der Waals surface area contributed by atoms with Crippen molar-refractivity contribution in [3.63, 3.8) is 0 Å². The van der Waals surface area contributed by atoms with Gasteiger partial charge in [-0.3, -0.25) is 0 Å². The van der Waals surface area contributed by atoms with Crippen molar-refractivity contribution in [1.29, 1.82) is 0 Å². The fourth-order valence-corrected chi connectivity index (χ4v) is 6.81. The van der Waals surface area contributed by atoms with Crippen LogP contribution in [0.2, 0.25) is 0 Å². The molecule has 2 aliphatic carbocycles. The summed E-state index contributed by atoms with van der Waals surface area (Å²) in [6, 6.07) is 44.4. The molecule has 0 spiro atoms. The Labute approximate surface area is 268 Å². The van der Waals surface area contributed by atoms with E-state index in [0.717, 1.165) is 12.8 Å². The van der Waals surface area contributed by atoms with Gasteiger partial charge in [0.05, 0.1) is 6.04 Å². The van der Waals surface area contributed by atoms with Crippen LogP contribution < -0.4 is 4.90 Å². The number of aryl methyl sites for hydroxylation is 1. The normalized spacial score (nSPS) is 17.2. The van der Waals surface area contributed by atoms with Crippen molar-refractivity contribution in [2.75, 3.05) is 4.90 Å². The molecule has 0 saturated heterocycles. The highest BCUT2D eigenvalue weighted by Crippen LogP contribution is 2.38. The lowest BCUT2D eigenvalue weighted by Crippen LogP contribution is -2.30. The van der Waals surface area contributed by atoms with Crippen LogP contribution in [0, 0.1) is 19.8 Å². The molecule has 45 heavy (non-hydrogen) atoms. The molecular formula is C44H39N. The molecule has 220 valence electrons. The summed E-state index contributed by atoms with van der Waals surface area (Å²) in [5.41, 5.74) is 14.0. The van der Waals surface area contributed by atoms with Gasteiger partial charge in [-0.05, 0) is 101 Å². The highest BCUT2D eigenvalue weighted by molar-refractivity contribution is 5.81. The van der Waals surface area contributed by atoms with Crippen molar-refractivity contribution in [2.24, 2.45) is 5.92 Å². The second-order valence-electron chi connectivity index (χ2n) is 12.1. The number of benzene rings is 5. The number of hydrogen-bond acceptors (Lipinski definition) is 1. The minimum absolute atomic E-state index is 0.233. The average molecular weight is 582 g/mol. The molecule has 0 aromatic heterocycles. The van der Waals surface area contributed by atoms with Crippen molar-refractivity contribution < 1.29 is 0 Å². The Morgan fingerprint density at radius 1 is 0.533 bits per heavy atom. The molecule has 7 rings (SSSR count). The number of allylic oxidation sites excluding steroid dienone is 6. The molecule has 2 aliphatic rings. The first-order valence-corrected chi connectivity index (χ1v) is 16.1. The van der Waals surface area contributed by atoms with E-state index in [1.165, 1.54) is 61.5 Å². The molecule has 0 aliphatic heterocycles. The Bertz CT molecular complexity index is 1900. The topological polar surface area (TPSA) is 3.24 Å². The van der Waals surface area contributed by atoms with Crippen LogP contribution in [0.3, 0.4) is 0 Å². The SMILES string of the molecule is Cc1ccccc1-c1cccc(-c2ccc(N(c3ccc(-c4ccccc4)cc3)C3C=CC(C4C=CC=CC4)=CC3)cc2)c1C. The second-order valence-corrected chi connectivity index (χ2v) is 12.1. The molecule has 0 fully saturated rings. The summed E-state index contributed by atoms with van der Waals surface area (Å²) < 4.78 is 0. The first-order chi connectivity index (χ1) is 22.2. The van der Waals surface area contributed by atoms with Crippen molar-refractivity contribution in [2.45, 2.75) is 32.7 Å². The van der Waals surface area contributed by atoms with E-state index in [0.29, 0.717) is 5.92 Å². The fraction of sp³-hybridized carbons (Fsp3) is 0.136. The summed E-state index contributed by atoms with van der Waals surface area (Å²) in [5, 5.41) is 0. The molecule has 0 N–H and O–H groups in total. The summed E-state index contributed by atoms with van der Waals surface area (Å²) in [6.45, 7) is 4.44. The molecule has 1 heteroatoms. The van der Waals surface area contributed by atoms with E-state index < -0.39 is 0 Å². The van der Waals surface area contributed by atoms with Gasteiger partial charge in [0.2, 0.25) is 0 Å². The lowest BCUT2D eigenvalue weighted by atomic mass is 9.87. The zero-order valence-corrected chi connectivity index (χ0v) is 26.1. The van der Waals surface area contributed by atoms with Crippen LogP contribution in [0.15, 0.2) is 169 Å². The van der Waals surface area contributed by atoms with Crippen molar-refractivity contribution >= 4 is 11.4 Å². The van der Waals surface area contributed by atoms with E-state index in [2.05, 4.69) is 183 Å². The van der Waals surface area contributed by atoms with Crippen LogP contribution >= 0.6 is 0 Å². The van der Waals surface area contributed by atoms with Gasteiger partial charge in [0.1, 0.15) is 0 Å². The molecule has 2 atom stereocenters. The average Bonchev–Trinajstić information content (AvgIpc) is 3.11. The summed E-state index contributed by atoms with van der Waals surface area (Å²) in [4.78, 5) is 2.50. The maximum Gasteiger partial charge on any atom is 0.0560 e. The molecule has 5 aromatic carbocycles. The van der Waals surface area contributed by atoms with Gasteiger partial charge in [0, 0.05) is 17.3 Å². The number of hydrogen-bond donors (Lipinski definition) is 0. The first kappa shape index (κ1) is 28.6. The molecule has 0 amide bonds. The monoisotopic (exact) mass is 581 g/mol. The van der Waals surface area contributed by atoms with Crippen LogP contribution in [-0.4, -0.2) is 6.04 Å². The molecule has 2 unspecified atom stereocenters. The quantitative estimate of drug-likeness (QED) is 0.185. The van der Waals surface area contributed by atoms with Crippen LogP contribution in [0.25, 0.3) is 33.4 Å². The van der Waals surface area contributed by atoms with Crippen molar-refractivity contribution in [3.8, 4) is 33.4 Å². The molecule has 0 saturated carbocycles. The van der Waals surface area contributed by atoms with Gasteiger partial charge in [-0.1, -0.05) is 140 Å². The molecule has 0 radical (unpaired) electrons. The lowest BCUT2D eigenvalue weighted by molar-refractivity contribution is 0.731. The van der Waals surface area contributed by atoms with Crippen molar-refractivity contribution in [3.05, 3.63) is 181 Å². The predicted molar refractivity (Wildman–Crippen MR) is 193 cm³/mol. The van der Waals surface area contributed by atoms with Gasteiger partial charge in [0.15, 0.2) is 0 Å². The smallest absolute Gasteiger partial charge is 0.0560 e. The maximum atomic E-state index is 2.50. The minimum atomic E-state index is 0.233. The summed E-state index contributed by atoms with van der Waals surface area (Å²) in [7, 11) is 0. The van der Waals surface area contributed by atoms with Gasteiger partial charge < -0.3 is 4.90 Å². The Morgan fingerprint density at radius 3 is 1.84 bits per heavy atom. The fourth-order valence-electron chi connectivity index (χ4n) is 6.81. The lowest BCUT2D eigenvalue weighted by Gasteiger charge is -2.34. The van der Waals surface area contributed by atoms with Gasteiger partial charge >= 0.3 is 0 Å². The number of anilines is 2. The van der Waals surface area contributed by atoms with Crippen LogP contribution in [-0.2, 0) is 0 Å². The number of rotatable bonds is 7. The van der Waals surface area contributed by atoms with E-state index in [-0.39, 0.29) is 6.04 Å². The standard InChI is InChI=1S/C44H39N/c1-32-12-9-10-17-42(32)44-19-11-18-43(33(44)2)38-24-30-41(31-25-38)45(39-26-20-36(21-27-39)34-13-5-3-6-14-34)40-28-22-37(23-29-40)35-15-7-4-8-16-35/h3-15,17-28,30-31,35,40H,16,29H2,1-2H3. The largest absolute Gasteiger partial charge is 0.334 e. The molecule has 1 nitrogen and oxygen atoms in total. The third kappa shape index (κ3) is 5.99. The van der Waals surface area contributed by atoms with E-state index in [9.17, 15) is 0 Å². The molecule has 0 bridgehead atoms. The van der Waals surface area contributed by atoms with E-state index in [4.69, 9.17) is 0 Å². The van der Waals surface area contributed by atoms with E-state index in [1.54, 1.807) is 0 Å². The Balaban J connectivity index is 1.22. The Hall–Kier alpha value is -5.14. The zero-order valence-electron chi connectivity index (χ0n) is 26.1. The highest BCUT2D eigenvalue weighted by Gasteiger charge is 2.22. The second kappa shape index (κ2) is 12.8. The maximum absolute atomic E-state index is 2.50. The van der Waals surface area contributed by atoms with E-state index >= 15 is 0 Å². The van der Waals surface area contributed by atoms with Gasteiger partial charge in [-0.25, -0.2) is 0 Å². The Morgan fingerprint density at radius 2 is 1.18 bits per heavy atom. The summed E-state index contributed by atoms with van der Waals surface area (Å²) >= 11 is 0. The van der Waals surface area contributed by atoms with Crippen LogP contribution in [0.5, 0.6) is 0 Å². The molecular weight excluding hydrogens is 542 g/mol. The van der Waals surface area contributed by atoms with Crippen LogP contribution in [0.4, 0.5) is 11.4 Å². The van der Waals surface area contributed by atoms with Gasteiger partial charge in [-0.15, -0.1) is 0 Å². The summed E-state index contributed by atoms with van der Waals surface area (Å²) in [6.07, 6.45) is 18.2.